The number of carbonyl (C=O) groups is 1. The molecule has 0 aliphatic heterocycles. The van der Waals surface area contributed by atoms with Crippen molar-refractivity contribution in [3.05, 3.63) is 46.2 Å². The van der Waals surface area contributed by atoms with Gasteiger partial charge in [-0.3, -0.25) is 9.59 Å². The number of likely N-dealkylation sites (N-methyl/N-ethyl adjacent to an activating group) is 1. The lowest BCUT2D eigenvalue weighted by atomic mass is 10.3. The second-order valence-corrected chi connectivity index (χ2v) is 8.04. The summed E-state index contributed by atoms with van der Waals surface area (Å²) < 4.78 is 32.6. The van der Waals surface area contributed by atoms with Crippen molar-refractivity contribution in [1.82, 2.24) is 18.9 Å². The molecule has 0 unspecified atom stereocenters. The third kappa shape index (κ3) is 4.83. The molecule has 1 amide bonds. The first kappa shape index (κ1) is 20.8. The molecule has 2 rings (SSSR count). The van der Waals surface area contributed by atoms with Crippen LogP contribution in [0.5, 0.6) is 0 Å². The van der Waals surface area contributed by atoms with Gasteiger partial charge in [-0.2, -0.15) is 4.31 Å². The van der Waals surface area contributed by atoms with E-state index in [1.165, 1.54) is 21.5 Å². The molecule has 0 bridgehead atoms. The summed E-state index contributed by atoms with van der Waals surface area (Å²) in [6, 6.07) is 4.14. The van der Waals surface area contributed by atoms with Crippen LogP contribution in [0, 0.1) is 6.92 Å². The van der Waals surface area contributed by atoms with E-state index >= 15 is 0 Å². The highest BCUT2D eigenvalue weighted by Gasteiger charge is 2.23. The summed E-state index contributed by atoms with van der Waals surface area (Å²) in [5.74, 6) is 0.284. The van der Waals surface area contributed by atoms with Crippen molar-refractivity contribution in [3.63, 3.8) is 0 Å². The average molecular weight is 396 g/mol. The number of amides is 1. The predicted molar refractivity (Wildman–Crippen MR) is 98.5 cm³/mol. The van der Waals surface area contributed by atoms with Crippen LogP contribution in [0.3, 0.4) is 0 Å². The molecular weight excluding hydrogens is 372 g/mol. The summed E-state index contributed by atoms with van der Waals surface area (Å²) in [4.78, 5) is 25.9. The highest BCUT2D eigenvalue weighted by Crippen LogP contribution is 2.14. The van der Waals surface area contributed by atoms with Crippen LogP contribution in [0.2, 0.25) is 0 Å². The van der Waals surface area contributed by atoms with Crippen molar-refractivity contribution < 1.29 is 17.7 Å². The highest BCUT2D eigenvalue weighted by atomic mass is 32.2. The number of hydrogen-bond donors (Lipinski definition) is 0. The molecule has 10 heteroatoms. The highest BCUT2D eigenvalue weighted by molar-refractivity contribution is 7.89. The first-order valence-electron chi connectivity index (χ1n) is 8.55. The molecule has 0 atom stereocenters. The van der Waals surface area contributed by atoms with Crippen molar-refractivity contribution in [3.8, 4) is 0 Å². The smallest absolute Gasteiger partial charge is 0.251 e. The lowest BCUT2D eigenvalue weighted by molar-refractivity contribution is -0.131. The van der Waals surface area contributed by atoms with Crippen LogP contribution in [0.1, 0.15) is 25.3 Å². The minimum absolute atomic E-state index is 0.0200. The quantitative estimate of drug-likeness (QED) is 0.654. The molecule has 0 radical (unpaired) electrons. The Kier molecular flexibility index (Phi) is 6.55. The third-order valence-corrected chi connectivity index (χ3v) is 6.14. The molecule has 2 heterocycles. The Morgan fingerprint density at radius 1 is 1.26 bits per heavy atom. The van der Waals surface area contributed by atoms with Crippen LogP contribution >= 0.6 is 0 Å². The fourth-order valence-electron chi connectivity index (χ4n) is 2.59. The monoisotopic (exact) mass is 396 g/mol. The topological polar surface area (TPSA) is 106 Å². The van der Waals surface area contributed by atoms with E-state index in [1.54, 1.807) is 33.9 Å². The molecule has 27 heavy (non-hydrogen) atoms. The van der Waals surface area contributed by atoms with Gasteiger partial charge in [-0.05, 0) is 13.0 Å². The third-order valence-electron chi connectivity index (χ3n) is 4.11. The van der Waals surface area contributed by atoms with Crippen molar-refractivity contribution in [2.24, 2.45) is 0 Å². The van der Waals surface area contributed by atoms with E-state index in [4.69, 9.17) is 4.52 Å². The lowest BCUT2D eigenvalue weighted by Crippen LogP contribution is -2.35. The van der Waals surface area contributed by atoms with E-state index in [2.05, 4.69) is 5.16 Å². The van der Waals surface area contributed by atoms with E-state index in [9.17, 15) is 18.0 Å². The fourth-order valence-corrected chi connectivity index (χ4v) is 4.07. The summed E-state index contributed by atoms with van der Waals surface area (Å²) >= 11 is 0. The van der Waals surface area contributed by atoms with E-state index in [0.29, 0.717) is 24.5 Å². The van der Waals surface area contributed by atoms with Gasteiger partial charge in [0.1, 0.15) is 18.0 Å². The Labute approximate surface area is 158 Å². The van der Waals surface area contributed by atoms with Gasteiger partial charge in [0.2, 0.25) is 15.9 Å². The molecule has 0 fully saturated rings. The van der Waals surface area contributed by atoms with Gasteiger partial charge in [0.15, 0.2) is 0 Å². The van der Waals surface area contributed by atoms with Crippen molar-refractivity contribution >= 4 is 15.9 Å². The maximum atomic E-state index is 12.6. The van der Waals surface area contributed by atoms with E-state index < -0.39 is 15.6 Å². The lowest BCUT2D eigenvalue weighted by Gasteiger charge is -2.20. The standard InChI is InChI=1S/C17H24N4O5S/c1-5-21(6-2)27(24,25)15-7-8-16(22)20(11-15)12-17(23)19(4)10-14-9-13(3)26-18-14/h7-9,11H,5-6,10,12H2,1-4H3. The summed E-state index contributed by atoms with van der Waals surface area (Å²) in [5, 5.41) is 3.83. The molecule has 0 spiro atoms. The first-order valence-corrected chi connectivity index (χ1v) is 9.99. The number of nitrogens with zero attached hydrogens (tertiary/aromatic N) is 4. The second-order valence-electron chi connectivity index (χ2n) is 6.10. The molecule has 0 saturated carbocycles. The van der Waals surface area contributed by atoms with Gasteiger partial charge in [-0.25, -0.2) is 8.42 Å². The van der Waals surface area contributed by atoms with E-state index in [-0.39, 0.29) is 23.9 Å². The van der Waals surface area contributed by atoms with Crippen LogP contribution in [-0.4, -0.2) is 53.4 Å². The van der Waals surface area contributed by atoms with Crippen LogP contribution < -0.4 is 5.56 Å². The number of rotatable bonds is 8. The van der Waals surface area contributed by atoms with Gasteiger partial charge in [0, 0.05) is 38.5 Å². The number of aryl methyl sites for hydroxylation is 1. The number of aromatic nitrogens is 2. The number of sulfonamides is 1. The Morgan fingerprint density at radius 3 is 2.48 bits per heavy atom. The molecule has 0 saturated heterocycles. The molecule has 9 nitrogen and oxygen atoms in total. The SMILES string of the molecule is CCN(CC)S(=O)(=O)c1ccc(=O)n(CC(=O)N(C)Cc2cc(C)on2)c1. The largest absolute Gasteiger partial charge is 0.361 e. The molecular formula is C17H24N4O5S. The predicted octanol–water partition coefficient (Wildman–Crippen LogP) is 0.834. The van der Waals surface area contributed by atoms with Gasteiger partial charge in [-0.1, -0.05) is 19.0 Å². The first-order chi connectivity index (χ1) is 12.7. The summed E-state index contributed by atoms with van der Waals surface area (Å²) in [6.45, 7) is 5.81. The number of pyridine rings is 1. The molecule has 0 aromatic carbocycles. The van der Waals surface area contributed by atoms with Crippen molar-refractivity contribution in [2.45, 2.75) is 38.8 Å². The summed E-state index contributed by atoms with van der Waals surface area (Å²) in [7, 11) is -2.14. The maximum absolute atomic E-state index is 12.6. The minimum Gasteiger partial charge on any atom is -0.361 e. The zero-order valence-electron chi connectivity index (χ0n) is 15.9. The van der Waals surface area contributed by atoms with Crippen LogP contribution in [-0.2, 0) is 27.9 Å². The zero-order valence-corrected chi connectivity index (χ0v) is 16.7. The molecule has 2 aromatic heterocycles. The summed E-state index contributed by atoms with van der Waals surface area (Å²) in [6.07, 6.45) is 1.21. The maximum Gasteiger partial charge on any atom is 0.251 e. The van der Waals surface area contributed by atoms with Crippen LogP contribution in [0.25, 0.3) is 0 Å². The molecule has 0 aliphatic rings. The van der Waals surface area contributed by atoms with Crippen LogP contribution in [0.4, 0.5) is 0 Å². The van der Waals surface area contributed by atoms with E-state index in [0.717, 1.165) is 10.6 Å². The van der Waals surface area contributed by atoms with Crippen molar-refractivity contribution in [2.75, 3.05) is 20.1 Å². The Hall–Kier alpha value is -2.46. The van der Waals surface area contributed by atoms with Crippen LogP contribution in [0.15, 0.2) is 38.6 Å². The van der Waals surface area contributed by atoms with Gasteiger partial charge in [0.05, 0.1) is 11.4 Å². The van der Waals surface area contributed by atoms with Gasteiger partial charge in [-0.15, -0.1) is 0 Å². The fraction of sp³-hybridized carbons (Fsp3) is 0.471. The van der Waals surface area contributed by atoms with Gasteiger partial charge < -0.3 is 14.0 Å². The normalized spacial score (nSPS) is 11.7. The molecule has 0 N–H and O–H groups in total. The zero-order chi connectivity index (χ0) is 20.2. The molecule has 0 aliphatic carbocycles. The van der Waals surface area contributed by atoms with E-state index in [1.807, 2.05) is 0 Å². The average Bonchev–Trinajstić information content (AvgIpc) is 3.02. The number of hydrogen-bond acceptors (Lipinski definition) is 6. The Morgan fingerprint density at radius 2 is 1.93 bits per heavy atom. The Bertz CT molecular complexity index is 960. The Balaban J connectivity index is 2.21. The summed E-state index contributed by atoms with van der Waals surface area (Å²) in [5.41, 5.74) is 0.140. The van der Waals surface area contributed by atoms with Gasteiger partial charge in [0.25, 0.3) is 5.56 Å². The second kappa shape index (κ2) is 8.49. The number of carbonyl (C=O) groups excluding carboxylic acids is 1. The molecule has 148 valence electrons. The van der Waals surface area contributed by atoms with Gasteiger partial charge >= 0.3 is 0 Å². The minimum atomic E-state index is -3.72. The molecule has 2 aromatic rings. The van der Waals surface area contributed by atoms with Crippen molar-refractivity contribution in [1.29, 1.82) is 0 Å².